The Morgan fingerprint density at radius 3 is 2.73 bits per heavy atom. The van der Waals surface area contributed by atoms with Gasteiger partial charge in [0.1, 0.15) is 6.17 Å². The lowest BCUT2D eigenvalue weighted by Gasteiger charge is -2.38. The highest BCUT2D eigenvalue weighted by molar-refractivity contribution is 6.12. The molecule has 2 aliphatic rings. The van der Waals surface area contributed by atoms with Crippen LogP contribution in [0.2, 0.25) is 0 Å². The largest absolute Gasteiger partial charge is 0.454 e. The Morgan fingerprint density at radius 2 is 1.88 bits per heavy atom. The molecule has 0 radical (unpaired) electrons. The first-order valence-electron chi connectivity index (χ1n) is 8.42. The molecule has 6 heteroatoms. The molecule has 0 spiro atoms. The fourth-order valence-electron chi connectivity index (χ4n) is 3.52. The maximum absolute atomic E-state index is 13.3. The van der Waals surface area contributed by atoms with Gasteiger partial charge in [0, 0.05) is 25.0 Å². The summed E-state index contributed by atoms with van der Waals surface area (Å²) < 4.78 is 12.9. The topological polar surface area (TPSA) is 55.7 Å². The van der Waals surface area contributed by atoms with Crippen LogP contribution in [-0.2, 0) is 7.05 Å². The molecule has 0 fully saturated rings. The van der Waals surface area contributed by atoms with Crippen molar-refractivity contribution < 1.29 is 14.3 Å². The van der Waals surface area contributed by atoms with E-state index < -0.39 is 0 Å². The van der Waals surface area contributed by atoms with Crippen LogP contribution < -0.4 is 19.7 Å². The third-order valence-electron chi connectivity index (χ3n) is 4.83. The number of hydrogen-bond acceptors (Lipinski definition) is 4. The fourth-order valence-corrected chi connectivity index (χ4v) is 3.52. The molecule has 2 aliphatic heterocycles. The summed E-state index contributed by atoms with van der Waals surface area (Å²) in [6.07, 6.45) is 1.65. The van der Waals surface area contributed by atoms with Crippen LogP contribution in [0.3, 0.4) is 0 Å². The molecule has 1 aromatic heterocycles. The zero-order chi connectivity index (χ0) is 17.7. The Bertz CT molecular complexity index is 1010. The lowest BCUT2D eigenvalue weighted by molar-refractivity contribution is 0.0974. The highest BCUT2D eigenvalue weighted by Crippen LogP contribution is 2.41. The van der Waals surface area contributed by atoms with Crippen LogP contribution in [-0.4, -0.2) is 17.3 Å². The Balaban J connectivity index is 1.67. The number of aromatic nitrogens is 1. The van der Waals surface area contributed by atoms with Crippen LogP contribution in [0.1, 0.15) is 22.2 Å². The van der Waals surface area contributed by atoms with Crippen LogP contribution in [0.25, 0.3) is 0 Å². The molecule has 3 aromatic rings. The van der Waals surface area contributed by atoms with Gasteiger partial charge in [-0.2, -0.15) is 0 Å². The number of benzene rings is 2. The summed E-state index contributed by atoms with van der Waals surface area (Å²) in [6, 6.07) is 17.1. The number of hydrogen-bond donors (Lipinski definition) is 1. The Hall–Kier alpha value is -3.41. The number of rotatable bonds is 2. The molecule has 3 heterocycles. The highest BCUT2D eigenvalue weighted by atomic mass is 16.7. The number of para-hydroxylation sites is 1. The van der Waals surface area contributed by atoms with Crippen molar-refractivity contribution >= 4 is 17.3 Å². The number of ether oxygens (including phenoxy) is 2. The fraction of sp³-hybridized carbons (Fsp3) is 0.150. The predicted molar refractivity (Wildman–Crippen MR) is 97.6 cm³/mol. The number of amides is 1. The van der Waals surface area contributed by atoms with E-state index >= 15 is 0 Å². The van der Waals surface area contributed by atoms with E-state index in [0.717, 1.165) is 17.1 Å². The average molecular weight is 347 g/mol. The number of aryl methyl sites for hydroxylation is 1. The summed E-state index contributed by atoms with van der Waals surface area (Å²) in [7, 11) is 1.97. The minimum atomic E-state index is -0.322. The second kappa shape index (κ2) is 5.56. The van der Waals surface area contributed by atoms with Gasteiger partial charge in [-0.3, -0.25) is 9.69 Å². The van der Waals surface area contributed by atoms with Crippen molar-refractivity contribution in [2.75, 3.05) is 17.0 Å². The molecule has 5 rings (SSSR count). The monoisotopic (exact) mass is 347 g/mol. The number of anilines is 2. The minimum absolute atomic E-state index is 0.0515. The SMILES string of the molecule is Cn1cccc1[C@H]1Nc2ccccc2C(=O)N1c1ccc2c(c1)OCO2. The number of carbonyl (C=O) groups is 1. The van der Waals surface area contributed by atoms with E-state index in [2.05, 4.69) is 5.32 Å². The summed E-state index contributed by atoms with van der Waals surface area (Å²) in [5.41, 5.74) is 3.23. The number of nitrogens with zero attached hydrogens (tertiary/aromatic N) is 2. The van der Waals surface area contributed by atoms with Crippen molar-refractivity contribution in [1.29, 1.82) is 0 Å². The summed E-state index contributed by atoms with van der Waals surface area (Å²) in [5.74, 6) is 1.30. The van der Waals surface area contributed by atoms with Crippen molar-refractivity contribution in [3.05, 3.63) is 72.1 Å². The Labute approximate surface area is 150 Å². The first-order valence-corrected chi connectivity index (χ1v) is 8.42. The van der Waals surface area contributed by atoms with Crippen LogP contribution in [0, 0.1) is 0 Å². The first kappa shape index (κ1) is 14.9. The van der Waals surface area contributed by atoms with Crippen LogP contribution in [0.5, 0.6) is 11.5 Å². The van der Waals surface area contributed by atoms with Crippen LogP contribution >= 0.6 is 0 Å². The molecule has 130 valence electrons. The zero-order valence-corrected chi connectivity index (χ0v) is 14.2. The molecule has 1 N–H and O–H groups in total. The lowest BCUT2D eigenvalue weighted by Crippen LogP contribution is -2.43. The molecule has 1 amide bonds. The molecule has 2 aromatic carbocycles. The van der Waals surface area contributed by atoms with E-state index in [-0.39, 0.29) is 18.9 Å². The second-order valence-electron chi connectivity index (χ2n) is 6.35. The molecule has 0 saturated heterocycles. The van der Waals surface area contributed by atoms with E-state index in [1.807, 2.05) is 72.4 Å². The number of nitrogens with one attached hydrogen (secondary N) is 1. The van der Waals surface area contributed by atoms with Gasteiger partial charge in [0.05, 0.1) is 16.9 Å². The van der Waals surface area contributed by atoms with E-state index in [1.54, 1.807) is 4.90 Å². The molecule has 0 unspecified atom stereocenters. The summed E-state index contributed by atoms with van der Waals surface area (Å²) in [5, 5.41) is 3.50. The van der Waals surface area contributed by atoms with Gasteiger partial charge in [0.15, 0.2) is 11.5 Å². The van der Waals surface area contributed by atoms with Crippen molar-refractivity contribution in [1.82, 2.24) is 4.57 Å². The van der Waals surface area contributed by atoms with Gasteiger partial charge in [-0.1, -0.05) is 12.1 Å². The van der Waals surface area contributed by atoms with Crippen molar-refractivity contribution in [3.63, 3.8) is 0 Å². The lowest BCUT2D eigenvalue weighted by atomic mass is 10.0. The standard InChI is InChI=1S/C20H17N3O3/c1-22-10-4-7-16(22)19-21-15-6-3-2-5-14(15)20(24)23(19)13-8-9-17-18(11-13)26-12-25-17/h2-11,19,21H,12H2,1H3/t19-/m0/s1. The van der Waals surface area contributed by atoms with Gasteiger partial charge in [0.25, 0.3) is 5.91 Å². The van der Waals surface area contributed by atoms with E-state index in [0.29, 0.717) is 17.1 Å². The van der Waals surface area contributed by atoms with Gasteiger partial charge in [-0.25, -0.2) is 0 Å². The Kier molecular flexibility index (Phi) is 3.18. The third-order valence-corrected chi connectivity index (χ3v) is 4.83. The molecular formula is C20H17N3O3. The van der Waals surface area contributed by atoms with Crippen molar-refractivity contribution in [2.45, 2.75) is 6.17 Å². The predicted octanol–water partition coefficient (Wildman–Crippen LogP) is 3.52. The summed E-state index contributed by atoms with van der Waals surface area (Å²) in [4.78, 5) is 15.1. The van der Waals surface area contributed by atoms with Crippen molar-refractivity contribution in [3.8, 4) is 11.5 Å². The van der Waals surface area contributed by atoms with Gasteiger partial charge in [0.2, 0.25) is 6.79 Å². The third kappa shape index (κ3) is 2.15. The van der Waals surface area contributed by atoms with Gasteiger partial charge >= 0.3 is 0 Å². The molecule has 6 nitrogen and oxygen atoms in total. The summed E-state index contributed by atoms with van der Waals surface area (Å²) >= 11 is 0. The van der Waals surface area contributed by atoms with Crippen LogP contribution in [0.4, 0.5) is 11.4 Å². The average Bonchev–Trinajstić information content (AvgIpc) is 3.29. The van der Waals surface area contributed by atoms with Crippen LogP contribution in [0.15, 0.2) is 60.8 Å². The number of carbonyl (C=O) groups excluding carboxylic acids is 1. The van der Waals surface area contributed by atoms with E-state index in [1.165, 1.54) is 0 Å². The normalized spacial score (nSPS) is 17.8. The highest BCUT2D eigenvalue weighted by Gasteiger charge is 2.35. The van der Waals surface area contributed by atoms with Crippen molar-refractivity contribution in [2.24, 2.45) is 7.05 Å². The summed E-state index contributed by atoms with van der Waals surface area (Å²) in [6.45, 7) is 0.203. The molecule has 26 heavy (non-hydrogen) atoms. The molecule has 0 saturated carbocycles. The molecule has 0 bridgehead atoms. The quantitative estimate of drug-likeness (QED) is 0.771. The maximum Gasteiger partial charge on any atom is 0.262 e. The smallest absolute Gasteiger partial charge is 0.262 e. The first-order chi connectivity index (χ1) is 12.7. The van der Waals surface area contributed by atoms with Gasteiger partial charge in [-0.15, -0.1) is 0 Å². The molecule has 1 atom stereocenters. The second-order valence-corrected chi connectivity index (χ2v) is 6.35. The Morgan fingerprint density at radius 1 is 1.04 bits per heavy atom. The number of fused-ring (bicyclic) bond motifs is 2. The van der Waals surface area contributed by atoms with Gasteiger partial charge < -0.3 is 19.4 Å². The van der Waals surface area contributed by atoms with E-state index in [4.69, 9.17) is 9.47 Å². The zero-order valence-electron chi connectivity index (χ0n) is 14.2. The molecule has 0 aliphatic carbocycles. The van der Waals surface area contributed by atoms with E-state index in [9.17, 15) is 4.79 Å². The maximum atomic E-state index is 13.3. The van der Waals surface area contributed by atoms with Gasteiger partial charge in [-0.05, 0) is 36.4 Å². The minimum Gasteiger partial charge on any atom is -0.454 e. The molecular weight excluding hydrogens is 330 g/mol.